The van der Waals surface area contributed by atoms with E-state index in [-0.39, 0.29) is 23.8 Å². The molecule has 0 aromatic heterocycles. The number of allylic oxidation sites excluding steroid dienone is 1. The highest BCUT2D eigenvalue weighted by Crippen LogP contribution is 2.31. The highest BCUT2D eigenvalue weighted by molar-refractivity contribution is 8.04. The molecule has 5 heteroatoms. The summed E-state index contributed by atoms with van der Waals surface area (Å²) in [6.07, 6.45) is 2.57. The lowest BCUT2D eigenvalue weighted by Gasteiger charge is -2.12. The third-order valence-corrected chi connectivity index (χ3v) is 3.64. The van der Waals surface area contributed by atoms with Crippen molar-refractivity contribution in [2.45, 2.75) is 13.3 Å². The van der Waals surface area contributed by atoms with Crippen LogP contribution in [-0.2, 0) is 19.1 Å². The van der Waals surface area contributed by atoms with Gasteiger partial charge in [-0.3, -0.25) is 4.79 Å². The molecule has 2 atom stereocenters. The molecule has 0 saturated carbocycles. The lowest BCUT2D eigenvalue weighted by molar-refractivity contribution is -0.145. The van der Waals surface area contributed by atoms with E-state index in [1.54, 1.807) is 0 Å². The van der Waals surface area contributed by atoms with Crippen LogP contribution < -0.4 is 0 Å². The molecule has 0 unspecified atom stereocenters. The SMILES string of the molecule is COC(=O)C1=C[C@H](C)C[C@H](C(=O)OC)CS1. The molecule has 1 rings (SSSR count). The van der Waals surface area contributed by atoms with Gasteiger partial charge in [-0.1, -0.05) is 13.0 Å². The van der Waals surface area contributed by atoms with Gasteiger partial charge in [-0.15, -0.1) is 11.8 Å². The number of ether oxygens (including phenoxy) is 2. The summed E-state index contributed by atoms with van der Waals surface area (Å²) >= 11 is 1.36. The highest BCUT2D eigenvalue weighted by atomic mass is 32.2. The van der Waals surface area contributed by atoms with E-state index in [0.29, 0.717) is 17.1 Å². The Balaban J connectivity index is 2.71. The lowest BCUT2D eigenvalue weighted by Crippen LogP contribution is -2.19. The predicted octanol–water partition coefficient (Wildman–Crippen LogP) is 1.61. The number of thioether (sulfide) groups is 1. The van der Waals surface area contributed by atoms with Gasteiger partial charge in [0.25, 0.3) is 0 Å². The first-order chi connectivity index (χ1) is 7.58. The Bertz CT molecular complexity index is 311. The van der Waals surface area contributed by atoms with Crippen molar-refractivity contribution in [2.24, 2.45) is 11.8 Å². The first-order valence-corrected chi connectivity index (χ1v) is 6.07. The molecule has 0 aliphatic carbocycles. The van der Waals surface area contributed by atoms with Crippen LogP contribution in [0, 0.1) is 11.8 Å². The molecule has 1 heterocycles. The Morgan fingerprint density at radius 1 is 1.38 bits per heavy atom. The molecular formula is C11H16O4S. The topological polar surface area (TPSA) is 52.6 Å². The molecule has 1 aliphatic heterocycles. The fraction of sp³-hybridized carbons (Fsp3) is 0.636. The summed E-state index contributed by atoms with van der Waals surface area (Å²) in [5.74, 6) is 0.0515. The minimum absolute atomic E-state index is 0.150. The van der Waals surface area contributed by atoms with Crippen LogP contribution in [0.2, 0.25) is 0 Å². The Morgan fingerprint density at radius 3 is 2.62 bits per heavy atom. The number of hydrogen-bond acceptors (Lipinski definition) is 5. The van der Waals surface area contributed by atoms with E-state index >= 15 is 0 Å². The van der Waals surface area contributed by atoms with Crippen molar-refractivity contribution < 1.29 is 19.1 Å². The van der Waals surface area contributed by atoms with Crippen molar-refractivity contribution in [1.82, 2.24) is 0 Å². The number of carbonyl (C=O) groups is 2. The van der Waals surface area contributed by atoms with E-state index in [1.807, 2.05) is 13.0 Å². The second kappa shape index (κ2) is 5.94. The number of esters is 2. The summed E-state index contributed by atoms with van der Waals surface area (Å²) in [6.45, 7) is 1.98. The van der Waals surface area contributed by atoms with E-state index < -0.39 is 0 Å². The van der Waals surface area contributed by atoms with Crippen LogP contribution in [0.4, 0.5) is 0 Å². The molecule has 0 fully saturated rings. The predicted molar refractivity (Wildman–Crippen MR) is 61.8 cm³/mol. The van der Waals surface area contributed by atoms with Crippen LogP contribution in [-0.4, -0.2) is 31.9 Å². The smallest absolute Gasteiger partial charge is 0.344 e. The summed E-state index contributed by atoms with van der Waals surface area (Å²) in [6, 6.07) is 0. The summed E-state index contributed by atoms with van der Waals surface area (Å²) in [5, 5.41) is 0. The van der Waals surface area contributed by atoms with E-state index in [1.165, 1.54) is 26.0 Å². The van der Waals surface area contributed by atoms with Gasteiger partial charge in [-0.2, -0.15) is 0 Å². The first kappa shape index (κ1) is 13.1. The minimum atomic E-state index is -0.331. The minimum Gasteiger partial charge on any atom is -0.469 e. The molecule has 0 amide bonds. The largest absolute Gasteiger partial charge is 0.469 e. The number of rotatable bonds is 2. The second-order valence-corrected chi connectivity index (χ2v) is 4.83. The average Bonchev–Trinajstić information content (AvgIpc) is 2.49. The first-order valence-electron chi connectivity index (χ1n) is 5.09. The van der Waals surface area contributed by atoms with Crippen LogP contribution in [0.3, 0.4) is 0 Å². The second-order valence-electron chi connectivity index (χ2n) is 3.77. The fourth-order valence-corrected chi connectivity index (χ4v) is 2.82. The van der Waals surface area contributed by atoms with Gasteiger partial charge in [0.15, 0.2) is 0 Å². The van der Waals surface area contributed by atoms with E-state index in [9.17, 15) is 9.59 Å². The fourth-order valence-electron chi connectivity index (χ4n) is 1.64. The van der Waals surface area contributed by atoms with Crippen LogP contribution in [0.25, 0.3) is 0 Å². The van der Waals surface area contributed by atoms with Gasteiger partial charge in [0, 0.05) is 5.75 Å². The van der Waals surface area contributed by atoms with Crippen molar-refractivity contribution in [3.63, 3.8) is 0 Å². The molecular weight excluding hydrogens is 228 g/mol. The Kier molecular flexibility index (Phi) is 4.86. The molecule has 0 aromatic carbocycles. The molecule has 0 spiro atoms. The molecule has 0 aromatic rings. The summed E-state index contributed by atoms with van der Waals surface area (Å²) in [5.41, 5.74) is 0. The quantitative estimate of drug-likeness (QED) is 0.691. The maximum Gasteiger partial charge on any atom is 0.344 e. The van der Waals surface area contributed by atoms with Gasteiger partial charge >= 0.3 is 11.9 Å². The van der Waals surface area contributed by atoms with Crippen molar-refractivity contribution in [2.75, 3.05) is 20.0 Å². The van der Waals surface area contributed by atoms with Gasteiger partial charge in [0.1, 0.15) is 0 Å². The number of hydrogen-bond donors (Lipinski definition) is 0. The van der Waals surface area contributed by atoms with Crippen molar-refractivity contribution in [3.05, 3.63) is 11.0 Å². The zero-order chi connectivity index (χ0) is 12.1. The van der Waals surface area contributed by atoms with Gasteiger partial charge in [0.05, 0.1) is 25.0 Å². The summed E-state index contributed by atoms with van der Waals surface area (Å²) in [7, 11) is 2.74. The lowest BCUT2D eigenvalue weighted by atomic mass is 9.97. The van der Waals surface area contributed by atoms with Gasteiger partial charge in [0.2, 0.25) is 0 Å². The normalized spacial score (nSPS) is 25.3. The molecule has 90 valence electrons. The zero-order valence-electron chi connectivity index (χ0n) is 9.69. The average molecular weight is 244 g/mol. The number of carbonyl (C=O) groups excluding carboxylic acids is 2. The van der Waals surface area contributed by atoms with Gasteiger partial charge in [-0.05, 0) is 12.3 Å². The van der Waals surface area contributed by atoms with Crippen molar-refractivity contribution in [1.29, 1.82) is 0 Å². The van der Waals surface area contributed by atoms with Gasteiger partial charge in [-0.25, -0.2) is 4.79 Å². The highest BCUT2D eigenvalue weighted by Gasteiger charge is 2.27. The number of methoxy groups -OCH3 is 2. The van der Waals surface area contributed by atoms with E-state index in [2.05, 4.69) is 4.74 Å². The van der Waals surface area contributed by atoms with Crippen molar-refractivity contribution >= 4 is 23.7 Å². The molecule has 0 saturated heterocycles. The van der Waals surface area contributed by atoms with E-state index in [4.69, 9.17) is 4.74 Å². The van der Waals surface area contributed by atoms with Crippen molar-refractivity contribution in [3.8, 4) is 0 Å². The summed E-state index contributed by atoms with van der Waals surface area (Å²) in [4.78, 5) is 23.4. The van der Waals surface area contributed by atoms with Crippen LogP contribution in [0.5, 0.6) is 0 Å². The maximum atomic E-state index is 11.4. The maximum absolute atomic E-state index is 11.4. The third-order valence-electron chi connectivity index (χ3n) is 2.45. The van der Waals surface area contributed by atoms with Gasteiger partial charge < -0.3 is 9.47 Å². The Hall–Kier alpha value is -0.970. The molecule has 0 bridgehead atoms. The summed E-state index contributed by atoms with van der Waals surface area (Å²) < 4.78 is 9.40. The molecule has 0 N–H and O–H groups in total. The molecule has 16 heavy (non-hydrogen) atoms. The Morgan fingerprint density at radius 2 is 2.06 bits per heavy atom. The van der Waals surface area contributed by atoms with Crippen LogP contribution in [0.1, 0.15) is 13.3 Å². The molecule has 1 aliphatic rings. The van der Waals surface area contributed by atoms with Crippen LogP contribution in [0.15, 0.2) is 11.0 Å². The monoisotopic (exact) mass is 244 g/mol. The Labute approximate surface area is 99.4 Å². The van der Waals surface area contributed by atoms with Crippen LogP contribution >= 0.6 is 11.8 Å². The zero-order valence-corrected chi connectivity index (χ0v) is 10.5. The molecule has 4 nitrogen and oxygen atoms in total. The third kappa shape index (κ3) is 3.27. The molecule has 0 radical (unpaired) electrons. The van der Waals surface area contributed by atoms with E-state index in [0.717, 1.165) is 0 Å². The standard InChI is InChI=1S/C11H16O4S/c1-7-4-8(10(12)14-2)6-16-9(5-7)11(13)15-3/h5,7-8H,4,6H2,1-3H3/t7-,8+/m1/s1.